The number of hydrogen-bond donors (Lipinski definition) is 1. The second kappa shape index (κ2) is 7.30. The van der Waals surface area contributed by atoms with Gasteiger partial charge in [0.25, 0.3) is 0 Å². The summed E-state index contributed by atoms with van der Waals surface area (Å²) < 4.78 is 7.81. The van der Waals surface area contributed by atoms with Crippen molar-refractivity contribution in [2.45, 2.75) is 63.5 Å². The molecule has 2 fully saturated rings. The molecule has 1 amide bonds. The van der Waals surface area contributed by atoms with Gasteiger partial charge in [0.1, 0.15) is 10.7 Å². The molecule has 0 aliphatic heterocycles. The maximum atomic E-state index is 12.3. The summed E-state index contributed by atoms with van der Waals surface area (Å²) in [5, 5.41) is 3.38. The van der Waals surface area contributed by atoms with Crippen LogP contribution in [0.25, 0.3) is 11.2 Å². The highest BCUT2D eigenvalue weighted by Crippen LogP contribution is 2.36. The Hall–Kier alpha value is -1.66. The number of anilines is 1. The van der Waals surface area contributed by atoms with Gasteiger partial charge in [-0.2, -0.15) is 0 Å². The minimum absolute atomic E-state index is 0.0695. The number of aromatic nitrogens is 3. The number of nitrogens with zero attached hydrogens (tertiary/aromatic N) is 3. The van der Waals surface area contributed by atoms with E-state index >= 15 is 0 Å². The molecule has 2 aromatic heterocycles. The van der Waals surface area contributed by atoms with Crippen LogP contribution >= 0.6 is 11.6 Å². The first-order valence-electron chi connectivity index (χ1n) is 9.16. The lowest BCUT2D eigenvalue weighted by Crippen LogP contribution is -2.23. The molecule has 25 heavy (non-hydrogen) atoms. The lowest BCUT2D eigenvalue weighted by atomic mass is 9.93. The molecule has 0 saturated heterocycles. The molecule has 134 valence electrons. The van der Waals surface area contributed by atoms with Crippen LogP contribution in [0.15, 0.2) is 12.1 Å². The van der Waals surface area contributed by atoms with Crippen molar-refractivity contribution in [1.29, 1.82) is 0 Å². The lowest BCUT2D eigenvalue weighted by molar-refractivity contribution is -0.117. The number of carbonyl (C=O) groups excluding carboxylic acids is 1. The maximum absolute atomic E-state index is 12.3. The Balaban J connectivity index is 1.45. The van der Waals surface area contributed by atoms with Gasteiger partial charge in [-0.1, -0.05) is 24.4 Å². The predicted molar refractivity (Wildman–Crippen MR) is 96.9 cm³/mol. The molecule has 2 aliphatic rings. The molecular formula is C18H23ClN4O2. The predicted octanol–water partition coefficient (Wildman–Crippen LogP) is 4.10. The summed E-state index contributed by atoms with van der Waals surface area (Å²) in [5.41, 5.74) is 1.50. The average Bonchev–Trinajstić information content (AvgIpc) is 3.15. The van der Waals surface area contributed by atoms with Crippen molar-refractivity contribution in [3.63, 3.8) is 0 Å². The third kappa shape index (κ3) is 3.65. The summed E-state index contributed by atoms with van der Waals surface area (Å²) in [5.74, 6) is 0.500. The molecule has 6 nitrogen and oxygen atoms in total. The molecule has 0 aromatic carbocycles. The smallest absolute Gasteiger partial charge is 0.229 e. The van der Waals surface area contributed by atoms with Gasteiger partial charge in [0.05, 0.1) is 19.1 Å². The van der Waals surface area contributed by atoms with E-state index in [1.807, 2.05) is 10.6 Å². The first kappa shape index (κ1) is 16.8. The lowest BCUT2D eigenvalue weighted by Gasteiger charge is -2.28. The standard InChI is InChI=1S/C18H23ClN4O2/c19-15-9-8-14-17(21-15)23(12-4-3-5-12)18(20-14)22-16(24)10-11-25-13-6-1-2-7-13/h8-9,12-13H,1-7,10-11H2,(H,20,22,24). The number of imidazole rings is 1. The van der Waals surface area contributed by atoms with Crippen molar-refractivity contribution in [3.8, 4) is 0 Å². The van der Waals surface area contributed by atoms with E-state index < -0.39 is 0 Å². The number of fused-ring (bicyclic) bond motifs is 1. The van der Waals surface area contributed by atoms with Crippen LogP contribution < -0.4 is 5.32 Å². The van der Waals surface area contributed by atoms with Crippen molar-refractivity contribution < 1.29 is 9.53 Å². The van der Waals surface area contributed by atoms with Crippen LogP contribution in [0.3, 0.4) is 0 Å². The van der Waals surface area contributed by atoms with Crippen LogP contribution in [0.5, 0.6) is 0 Å². The number of ether oxygens (including phenoxy) is 1. The zero-order valence-electron chi connectivity index (χ0n) is 14.2. The number of carbonyl (C=O) groups is 1. The Morgan fingerprint density at radius 2 is 2.00 bits per heavy atom. The number of hydrogen-bond acceptors (Lipinski definition) is 4. The second-order valence-electron chi connectivity index (χ2n) is 6.94. The number of halogens is 1. The molecule has 2 saturated carbocycles. The summed E-state index contributed by atoms with van der Waals surface area (Å²) in [6, 6.07) is 3.91. The Labute approximate surface area is 151 Å². The zero-order valence-corrected chi connectivity index (χ0v) is 15.0. The number of rotatable bonds is 6. The van der Waals surface area contributed by atoms with E-state index in [4.69, 9.17) is 16.3 Å². The fraction of sp³-hybridized carbons (Fsp3) is 0.611. The van der Waals surface area contributed by atoms with Gasteiger partial charge in [-0.25, -0.2) is 9.97 Å². The Morgan fingerprint density at radius 1 is 1.20 bits per heavy atom. The van der Waals surface area contributed by atoms with E-state index in [1.165, 1.54) is 19.3 Å². The van der Waals surface area contributed by atoms with E-state index in [1.54, 1.807) is 6.07 Å². The normalized spacial score (nSPS) is 18.6. The molecule has 0 atom stereocenters. The summed E-state index contributed by atoms with van der Waals surface area (Å²) in [7, 11) is 0. The first-order valence-corrected chi connectivity index (χ1v) is 9.54. The Kier molecular flexibility index (Phi) is 4.90. The van der Waals surface area contributed by atoms with Crippen molar-refractivity contribution >= 4 is 34.6 Å². The molecule has 0 radical (unpaired) electrons. The topological polar surface area (TPSA) is 69.0 Å². The minimum Gasteiger partial charge on any atom is -0.378 e. The third-order valence-electron chi connectivity index (χ3n) is 5.18. The van der Waals surface area contributed by atoms with Crippen LogP contribution in [0, 0.1) is 0 Å². The molecule has 2 aromatic rings. The van der Waals surface area contributed by atoms with Gasteiger partial charge in [-0.05, 0) is 44.2 Å². The average molecular weight is 363 g/mol. The van der Waals surface area contributed by atoms with Crippen LogP contribution in [0.4, 0.5) is 5.95 Å². The molecule has 4 rings (SSSR count). The van der Waals surface area contributed by atoms with Crippen molar-refractivity contribution in [2.24, 2.45) is 0 Å². The summed E-state index contributed by atoms with van der Waals surface area (Å²) in [4.78, 5) is 21.3. The number of pyridine rings is 1. The number of amides is 1. The molecule has 0 unspecified atom stereocenters. The highest BCUT2D eigenvalue weighted by atomic mass is 35.5. The van der Waals surface area contributed by atoms with Crippen LogP contribution in [-0.2, 0) is 9.53 Å². The van der Waals surface area contributed by atoms with E-state index in [9.17, 15) is 4.79 Å². The van der Waals surface area contributed by atoms with E-state index in [-0.39, 0.29) is 5.91 Å². The van der Waals surface area contributed by atoms with Crippen molar-refractivity contribution in [1.82, 2.24) is 14.5 Å². The van der Waals surface area contributed by atoms with Gasteiger partial charge in [0.15, 0.2) is 5.65 Å². The highest BCUT2D eigenvalue weighted by Gasteiger charge is 2.26. The SMILES string of the molecule is O=C(CCOC1CCCC1)Nc1nc2ccc(Cl)nc2n1C1CCC1. The summed E-state index contributed by atoms with van der Waals surface area (Å²) in [6.45, 7) is 0.463. The van der Waals surface area contributed by atoms with Gasteiger partial charge in [0.2, 0.25) is 11.9 Å². The Bertz CT molecular complexity index is 766. The molecule has 7 heteroatoms. The first-order chi connectivity index (χ1) is 12.2. The maximum Gasteiger partial charge on any atom is 0.229 e. The van der Waals surface area contributed by atoms with Crippen LogP contribution in [0.2, 0.25) is 5.15 Å². The zero-order chi connectivity index (χ0) is 17.2. The van der Waals surface area contributed by atoms with E-state index in [0.29, 0.717) is 36.3 Å². The molecule has 1 N–H and O–H groups in total. The quantitative estimate of drug-likeness (QED) is 0.785. The molecule has 0 bridgehead atoms. The van der Waals surface area contributed by atoms with Gasteiger partial charge < -0.3 is 4.74 Å². The fourth-order valence-electron chi connectivity index (χ4n) is 3.59. The molecule has 2 heterocycles. The van der Waals surface area contributed by atoms with Gasteiger partial charge in [-0.15, -0.1) is 0 Å². The monoisotopic (exact) mass is 362 g/mol. The Morgan fingerprint density at radius 3 is 2.72 bits per heavy atom. The van der Waals surface area contributed by atoms with Gasteiger partial charge >= 0.3 is 0 Å². The minimum atomic E-state index is -0.0695. The summed E-state index contributed by atoms with van der Waals surface area (Å²) in [6.07, 6.45) is 8.72. The molecule has 0 spiro atoms. The van der Waals surface area contributed by atoms with Crippen molar-refractivity contribution in [2.75, 3.05) is 11.9 Å². The van der Waals surface area contributed by atoms with E-state index in [0.717, 1.165) is 36.8 Å². The van der Waals surface area contributed by atoms with Gasteiger partial charge in [0, 0.05) is 6.04 Å². The highest BCUT2D eigenvalue weighted by molar-refractivity contribution is 6.29. The van der Waals surface area contributed by atoms with E-state index in [2.05, 4.69) is 15.3 Å². The summed E-state index contributed by atoms with van der Waals surface area (Å²) >= 11 is 6.05. The van der Waals surface area contributed by atoms with Crippen LogP contribution in [-0.4, -0.2) is 33.2 Å². The third-order valence-corrected chi connectivity index (χ3v) is 5.39. The second-order valence-corrected chi connectivity index (χ2v) is 7.33. The van der Waals surface area contributed by atoms with Crippen molar-refractivity contribution in [3.05, 3.63) is 17.3 Å². The largest absolute Gasteiger partial charge is 0.378 e. The van der Waals surface area contributed by atoms with Crippen LogP contribution in [0.1, 0.15) is 57.4 Å². The fourth-order valence-corrected chi connectivity index (χ4v) is 3.73. The molecule has 2 aliphatic carbocycles. The molecular weight excluding hydrogens is 340 g/mol. The van der Waals surface area contributed by atoms with Gasteiger partial charge in [-0.3, -0.25) is 14.7 Å². The number of nitrogens with one attached hydrogen (secondary N) is 1.